The van der Waals surface area contributed by atoms with Gasteiger partial charge >= 0.3 is 5.97 Å². The fourth-order valence-electron chi connectivity index (χ4n) is 9.09. The second-order valence-electron chi connectivity index (χ2n) is 20.7. The summed E-state index contributed by atoms with van der Waals surface area (Å²) in [5, 5.41) is 56.8. The van der Waals surface area contributed by atoms with E-state index in [9.17, 15) is 35.1 Å². The van der Waals surface area contributed by atoms with Crippen LogP contribution in [0.5, 0.6) is 0 Å². The van der Waals surface area contributed by atoms with Gasteiger partial charge in [0.1, 0.15) is 24.4 Å². The molecule has 1 aliphatic rings. The van der Waals surface area contributed by atoms with E-state index in [0.29, 0.717) is 12.8 Å². The maximum absolute atomic E-state index is 13.4. The second kappa shape index (κ2) is 50.2. The third-order valence-corrected chi connectivity index (χ3v) is 13.9. The van der Waals surface area contributed by atoms with Gasteiger partial charge in [-0.05, 0) is 77.0 Å². The number of amides is 1. The van der Waals surface area contributed by atoms with Crippen molar-refractivity contribution in [1.29, 1.82) is 0 Å². The van der Waals surface area contributed by atoms with Gasteiger partial charge in [-0.1, -0.05) is 236 Å². The van der Waals surface area contributed by atoms with Crippen LogP contribution in [0, 0.1) is 0 Å². The third kappa shape index (κ3) is 38.5. The standard InChI is InChI=1S/C62H111NO10/c1-4-7-10-13-16-19-22-24-25-26-27-28-29-30-32-34-37-40-43-46-49-55(66)61(70)63-53(54(65)48-45-42-39-36-33-21-18-15-12-9-6-3)52-71-62-60(59(69)58(68)56(51-64)72-62)73-57(67)50-47-44-41-38-35-31-23-20-17-14-11-8-5-2/h16,19,24-25,31,35,41,44-45,48,53-56,58-60,62,64-66,68-69H,4-15,17-18,20-23,26-30,32-34,36-40,42-43,46-47,49-52H2,1-3H3,(H,63,70)/b19-16-,25-24-,35-31-,44-41+,48-45+. The van der Waals surface area contributed by atoms with Crippen LogP contribution in [0.3, 0.4) is 0 Å². The predicted molar refractivity (Wildman–Crippen MR) is 301 cm³/mol. The van der Waals surface area contributed by atoms with Crippen molar-refractivity contribution in [1.82, 2.24) is 5.32 Å². The number of ether oxygens (including phenoxy) is 3. The number of rotatable bonds is 50. The summed E-state index contributed by atoms with van der Waals surface area (Å²) in [4.78, 5) is 26.4. The fourth-order valence-corrected chi connectivity index (χ4v) is 9.09. The number of carbonyl (C=O) groups is 2. The van der Waals surface area contributed by atoms with E-state index in [1.165, 1.54) is 148 Å². The number of carbonyl (C=O) groups excluding carboxylic acids is 2. The first-order chi connectivity index (χ1) is 35.7. The molecule has 0 saturated carbocycles. The Morgan fingerprint density at radius 1 is 0.534 bits per heavy atom. The van der Waals surface area contributed by atoms with Crippen LogP contribution in [0.4, 0.5) is 0 Å². The first-order valence-corrected chi connectivity index (χ1v) is 30.1. The summed E-state index contributed by atoms with van der Waals surface area (Å²) in [5.74, 6) is -1.27. The van der Waals surface area contributed by atoms with Gasteiger partial charge in [-0.2, -0.15) is 0 Å². The molecule has 0 aromatic rings. The van der Waals surface area contributed by atoms with E-state index < -0.39 is 67.4 Å². The van der Waals surface area contributed by atoms with Crippen LogP contribution in [0.15, 0.2) is 60.8 Å². The maximum atomic E-state index is 13.4. The van der Waals surface area contributed by atoms with Gasteiger partial charge in [0, 0.05) is 6.42 Å². The van der Waals surface area contributed by atoms with Crippen LogP contribution in [0.2, 0.25) is 0 Å². The predicted octanol–water partition coefficient (Wildman–Crippen LogP) is 13.8. The van der Waals surface area contributed by atoms with Gasteiger partial charge in [0.15, 0.2) is 12.4 Å². The Balaban J connectivity index is 2.69. The average molecular weight is 1030 g/mol. The molecule has 1 fully saturated rings. The molecule has 424 valence electrons. The molecule has 0 radical (unpaired) electrons. The summed E-state index contributed by atoms with van der Waals surface area (Å²) in [7, 11) is 0. The van der Waals surface area contributed by atoms with Crippen LogP contribution in [0.25, 0.3) is 0 Å². The lowest BCUT2D eigenvalue weighted by molar-refractivity contribution is -0.305. The molecule has 1 amide bonds. The first-order valence-electron chi connectivity index (χ1n) is 30.1. The van der Waals surface area contributed by atoms with Gasteiger partial charge in [0.25, 0.3) is 0 Å². The molecule has 11 nitrogen and oxygen atoms in total. The second-order valence-corrected chi connectivity index (χ2v) is 20.7. The zero-order chi connectivity index (χ0) is 53.3. The minimum Gasteiger partial charge on any atom is -0.454 e. The summed E-state index contributed by atoms with van der Waals surface area (Å²) < 4.78 is 17.5. The van der Waals surface area contributed by atoms with Crippen molar-refractivity contribution in [2.75, 3.05) is 13.2 Å². The highest BCUT2D eigenvalue weighted by Crippen LogP contribution is 2.26. The third-order valence-electron chi connectivity index (χ3n) is 13.9. The molecule has 11 heteroatoms. The van der Waals surface area contributed by atoms with Crippen molar-refractivity contribution < 1.29 is 49.3 Å². The van der Waals surface area contributed by atoms with Crippen molar-refractivity contribution in [3.8, 4) is 0 Å². The van der Waals surface area contributed by atoms with Crippen LogP contribution in [0.1, 0.15) is 258 Å². The Hall–Kier alpha value is -2.64. The molecule has 1 heterocycles. The fraction of sp³-hybridized carbons (Fsp3) is 0.806. The van der Waals surface area contributed by atoms with Crippen LogP contribution in [-0.4, -0.2) is 99.6 Å². The molecule has 8 unspecified atom stereocenters. The van der Waals surface area contributed by atoms with Gasteiger partial charge in [0.2, 0.25) is 5.91 Å². The Kier molecular flexibility index (Phi) is 47.0. The Labute approximate surface area is 446 Å². The quantitative estimate of drug-likeness (QED) is 0.0195. The molecule has 1 saturated heterocycles. The van der Waals surface area contributed by atoms with Crippen molar-refractivity contribution in [2.24, 2.45) is 0 Å². The minimum atomic E-state index is -1.64. The lowest BCUT2D eigenvalue weighted by atomic mass is 9.99. The molecule has 0 aromatic carbocycles. The Bertz CT molecular complexity index is 1420. The zero-order valence-corrected chi connectivity index (χ0v) is 46.7. The van der Waals surface area contributed by atoms with Gasteiger partial charge in [-0.3, -0.25) is 9.59 Å². The molecule has 0 aliphatic carbocycles. The molecular formula is C62H111NO10. The number of nitrogens with one attached hydrogen (secondary N) is 1. The summed E-state index contributed by atoms with van der Waals surface area (Å²) in [6, 6.07) is -1.04. The first kappa shape index (κ1) is 68.4. The summed E-state index contributed by atoms with van der Waals surface area (Å²) >= 11 is 0. The Morgan fingerprint density at radius 2 is 0.945 bits per heavy atom. The van der Waals surface area contributed by atoms with Gasteiger partial charge < -0.3 is 45.1 Å². The SMILES string of the molecule is CCCCC/C=C\C/C=C\CCCCCCCCCCCCC(O)C(=O)NC(COC1OC(CO)C(O)C(O)C1OC(=O)CC/C=C/C/C=C\CCCCCCCC)C(O)/C=C/CCCCCCCCCCC. The normalized spacial score (nSPS) is 19.8. The molecule has 73 heavy (non-hydrogen) atoms. The number of allylic oxidation sites excluding steroid dienone is 9. The van der Waals surface area contributed by atoms with E-state index in [-0.39, 0.29) is 19.4 Å². The van der Waals surface area contributed by atoms with Crippen molar-refractivity contribution in [2.45, 2.75) is 307 Å². The van der Waals surface area contributed by atoms with E-state index in [0.717, 1.165) is 64.2 Å². The molecule has 1 rings (SSSR count). The number of hydrogen-bond acceptors (Lipinski definition) is 10. The molecule has 1 aliphatic heterocycles. The van der Waals surface area contributed by atoms with Gasteiger partial charge in [-0.15, -0.1) is 0 Å². The lowest BCUT2D eigenvalue weighted by Crippen LogP contribution is -2.61. The van der Waals surface area contributed by atoms with Crippen LogP contribution < -0.4 is 5.32 Å². The van der Waals surface area contributed by atoms with E-state index in [2.05, 4.69) is 62.5 Å². The molecular weight excluding hydrogens is 919 g/mol. The lowest BCUT2D eigenvalue weighted by Gasteiger charge is -2.41. The van der Waals surface area contributed by atoms with E-state index in [1.807, 2.05) is 18.2 Å². The maximum Gasteiger partial charge on any atom is 0.306 e. The van der Waals surface area contributed by atoms with Crippen LogP contribution >= 0.6 is 0 Å². The Morgan fingerprint density at radius 3 is 1.42 bits per heavy atom. The highest BCUT2D eigenvalue weighted by Gasteiger charge is 2.47. The number of hydrogen-bond donors (Lipinski definition) is 6. The number of aliphatic hydroxyl groups is 5. The number of esters is 1. The smallest absolute Gasteiger partial charge is 0.306 e. The molecule has 6 N–H and O–H groups in total. The van der Waals surface area contributed by atoms with E-state index in [1.54, 1.807) is 6.08 Å². The zero-order valence-electron chi connectivity index (χ0n) is 46.7. The number of aliphatic hydroxyl groups excluding tert-OH is 5. The van der Waals surface area contributed by atoms with Gasteiger partial charge in [0.05, 0.1) is 25.4 Å². The molecule has 0 aromatic heterocycles. The summed E-state index contributed by atoms with van der Waals surface area (Å²) in [6.07, 6.45) is 51.4. The molecule has 0 bridgehead atoms. The van der Waals surface area contributed by atoms with E-state index >= 15 is 0 Å². The van der Waals surface area contributed by atoms with Crippen molar-refractivity contribution >= 4 is 11.9 Å². The number of unbranched alkanes of at least 4 members (excludes halogenated alkanes) is 28. The summed E-state index contributed by atoms with van der Waals surface area (Å²) in [6.45, 7) is 5.71. The highest BCUT2D eigenvalue weighted by atomic mass is 16.7. The van der Waals surface area contributed by atoms with Crippen LogP contribution in [-0.2, 0) is 23.8 Å². The van der Waals surface area contributed by atoms with Gasteiger partial charge in [-0.25, -0.2) is 0 Å². The van der Waals surface area contributed by atoms with E-state index in [4.69, 9.17) is 14.2 Å². The van der Waals surface area contributed by atoms with Crippen molar-refractivity contribution in [3.05, 3.63) is 60.8 Å². The average Bonchev–Trinajstić information content (AvgIpc) is 3.39. The summed E-state index contributed by atoms with van der Waals surface area (Å²) in [5.41, 5.74) is 0. The topological polar surface area (TPSA) is 175 Å². The minimum absolute atomic E-state index is 0.0169. The highest BCUT2D eigenvalue weighted by molar-refractivity contribution is 5.80. The van der Waals surface area contributed by atoms with Crippen molar-refractivity contribution in [3.63, 3.8) is 0 Å². The monoisotopic (exact) mass is 1030 g/mol. The molecule has 8 atom stereocenters. The largest absolute Gasteiger partial charge is 0.454 e. The molecule has 0 spiro atoms.